The first kappa shape index (κ1) is 16.1. The van der Waals surface area contributed by atoms with E-state index in [9.17, 15) is 4.79 Å². The molecule has 1 amide bonds. The minimum Gasteiger partial charge on any atom is -0.376 e. The van der Waals surface area contributed by atoms with Crippen LogP contribution in [0, 0.1) is 20.8 Å². The Morgan fingerprint density at radius 1 is 1.05 bits per heavy atom. The van der Waals surface area contributed by atoms with E-state index in [2.05, 4.69) is 42.7 Å². The predicted octanol–water partition coefficient (Wildman–Crippen LogP) is 4.22. The van der Waals surface area contributed by atoms with E-state index >= 15 is 0 Å². The molecule has 0 atom stereocenters. The molecule has 0 radical (unpaired) electrons. The van der Waals surface area contributed by atoms with Crippen LogP contribution in [0.15, 0.2) is 36.4 Å². The quantitative estimate of drug-likeness (QED) is 0.867. The maximum Gasteiger partial charge on any atom is 0.243 e. The molecule has 3 heteroatoms. The van der Waals surface area contributed by atoms with Crippen molar-refractivity contribution in [1.82, 2.24) is 0 Å². The number of para-hydroxylation sites is 1. The van der Waals surface area contributed by atoms with Crippen molar-refractivity contribution in [3.05, 3.63) is 58.7 Å². The van der Waals surface area contributed by atoms with Crippen molar-refractivity contribution in [3.63, 3.8) is 0 Å². The molecule has 2 N–H and O–H groups in total. The lowest BCUT2D eigenvalue weighted by molar-refractivity contribution is -0.114. The second-order valence-corrected chi connectivity index (χ2v) is 5.68. The fourth-order valence-corrected chi connectivity index (χ4v) is 2.51. The summed E-state index contributed by atoms with van der Waals surface area (Å²) in [5.41, 5.74) is 6.57. The van der Waals surface area contributed by atoms with Crippen LogP contribution in [0.4, 0.5) is 11.4 Å². The molecule has 0 fully saturated rings. The number of carbonyl (C=O) groups excluding carboxylic acids is 1. The molecule has 0 aliphatic carbocycles. The molecule has 3 nitrogen and oxygen atoms in total. The number of carbonyl (C=O) groups is 1. The van der Waals surface area contributed by atoms with E-state index in [1.165, 1.54) is 11.1 Å². The van der Waals surface area contributed by atoms with Crippen LogP contribution >= 0.6 is 0 Å². The highest BCUT2D eigenvalue weighted by Crippen LogP contribution is 2.21. The third-order valence-electron chi connectivity index (χ3n) is 3.83. The lowest BCUT2D eigenvalue weighted by atomic mass is 10.1. The molecular weight excluding hydrogens is 272 g/mol. The van der Waals surface area contributed by atoms with Gasteiger partial charge >= 0.3 is 0 Å². The average Bonchev–Trinajstić information content (AvgIpc) is 2.49. The molecule has 0 heterocycles. The summed E-state index contributed by atoms with van der Waals surface area (Å²) in [5, 5.41) is 6.25. The van der Waals surface area contributed by atoms with Crippen molar-refractivity contribution >= 4 is 17.3 Å². The molecule has 0 bridgehead atoms. The van der Waals surface area contributed by atoms with Crippen LogP contribution < -0.4 is 10.6 Å². The first-order chi connectivity index (χ1) is 10.5. The van der Waals surface area contributed by atoms with E-state index in [0.29, 0.717) is 0 Å². The van der Waals surface area contributed by atoms with Gasteiger partial charge in [-0.2, -0.15) is 0 Å². The van der Waals surface area contributed by atoms with Crippen LogP contribution in [-0.2, 0) is 11.2 Å². The topological polar surface area (TPSA) is 41.1 Å². The van der Waals surface area contributed by atoms with Crippen molar-refractivity contribution in [1.29, 1.82) is 0 Å². The number of hydrogen-bond donors (Lipinski definition) is 2. The van der Waals surface area contributed by atoms with Crippen LogP contribution in [0.25, 0.3) is 0 Å². The Bertz CT molecular complexity index is 677. The zero-order valence-electron chi connectivity index (χ0n) is 13.8. The molecule has 2 aromatic carbocycles. The summed E-state index contributed by atoms with van der Waals surface area (Å²) in [6.07, 6.45) is 0.947. The SMILES string of the molecule is CCc1cccc(C)c1NCC(=O)Nc1cc(C)ccc1C. The summed E-state index contributed by atoms with van der Waals surface area (Å²) in [7, 11) is 0. The average molecular weight is 296 g/mol. The van der Waals surface area contributed by atoms with Crippen LogP contribution in [0.2, 0.25) is 0 Å². The van der Waals surface area contributed by atoms with E-state index in [1.807, 2.05) is 32.0 Å². The van der Waals surface area contributed by atoms with Gasteiger partial charge in [0.05, 0.1) is 6.54 Å². The molecule has 22 heavy (non-hydrogen) atoms. The lowest BCUT2D eigenvalue weighted by Gasteiger charge is -2.14. The zero-order valence-corrected chi connectivity index (χ0v) is 13.8. The van der Waals surface area contributed by atoms with Gasteiger partial charge in [-0.3, -0.25) is 4.79 Å². The van der Waals surface area contributed by atoms with Crippen LogP contribution in [0.5, 0.6) is 0 Å². The zero-order chi connectivity index (χ0) is 16.1. The number of anilines is 2. The van der Waals surface area contributed by atoms with Gasteiger partial charge in [0.15, 0.2) is 0 Å². The first-order valence-corrected chi connectivity index (χ1v) is 7.70. The second-order valence-electron chi connectivity index (χ2n) is 5.68. The van der Waals surface area contributed by atoms with Crippen molar-refractivity contribution in [2.45, 2.75) is 34.1 Å². The van der Waals surface area contributed by atoms with Gasteiger partial charge in [-0.25, -0.2) is 0 Å². The van der Waals surface area contributed by atoms with Gasteiger partial charge < -0.3 is 10.6 Å². The lowest BCUT2D eigenvalue weighted by Crippen LogP contribution is -2.23. The van der Waals surface area contributed by atoms with Gasteiger partial charge in [-0.05, 0) is 55.5 Å². The van der Waals surface area contributed by atoms with Crippen molar-refractivity contribution in [2.24, 2.45) is 0 Å². The van der Waals surface area contributed by atoms with E-state index in [-0.39, 0.29) is 12.5 Å². The third-order valence-corrected chi connectivity index (χ3v) is 3.83. The molecule has 0 spiro atoms. The first-order valence-electron chi connectivity index (χ1n) is 7.70. The minimum atomic E-state index is -0.0287. The smallest absolute Gasteiger partial charge is 0.243 e. The number of rotatable bonds is 5. The molecule has 0 aliphatic heterocycles. The van der Waals surface area contributed by atoms with E-state index in [1.54, 1.807) is 0 Å². The summed E-state index contributed by atoms with van der Waals surface area (Å²) >= 11 is 0. The second kappa shape index (κ2) is 7.12. The molecule has 0 aliphatic rings. The molecule has 116 valence electrons. The fourth-order valence-electron chi connectivity index (χ4n) is 2.51. The summed E-state index contributed by atoms with van der Waals surface area (Å²) in [4.78, 5) is 12.2. The summed E-state index contributed by atoms with van der Waals surface area (Å²) in [6, 6.07) is 12.3. The maximum atomic E-state index is 12.2. The van der Waals surface area contributed by atoms with E-state index in [0.717, 1.165) is 28.9 Å². The van der Waals surface area contributed by atoms with Gasteiger partial charge in [0.1, 0.15) is 0 Å². The largest absolute Gasteiger partial charge is 0.376 e. The third kappa shape index (κ3) is 3.88. The maximum absolute atomic E-state index is 12.2. The Morgan fingerprint density at radius 3 is 2.55 bits per heavy atom. The summed E-state index contributed by atoms with van der Waals surface area (Å²) < 4.78 is 0. The molecular formula is C19H24N2O. The Labute approximate surface area is 132 Å². The van der Waals surface area contributed by atoms with Crippen molar-refractivity contribution < 1.29 is 4.79 Å². The Balaban J connectivity index is 2.03. The standard InChI is InChI=1S/C19H24N2O/c1-5-16-8-6-7-15(4)19(16)20-12-18(22)21-17-11-13(2)9-10-14(17)3/h6-11,20H,5,12H2,1-4H3,(H,21,22). The van der Waals surface area contributed by atoms with Gasteiger partial charge in [0, 0.05) is 11.4 Å². The molecule has 0 saturated carbocycles. The van der Waals surface area contributed by atoms with Crippen molar-refractivity contribution in [2.75, 3.05) is 17.2 Å². The highest BCUT2D eigenvalue weighted by Gasteiger charge is 2.08. The Morgan fingerprint density at radius 2 is 1.82 bits per heavy atom. The summed E-state index contributed by atoms with van der Waals surface area (Å²) in [6.45, 7) is 8.47. The predicted molar refractivity (Wildman–Crippen MR) is 93.6 cm³/mol. The number of aryl methyl sites for hydroxylation is 4. The van der Waals surface area contributed by atoms with Gasteiger partial charge in [-0.15, -0.1) is 0 Å². The summed E-state index contributed by atoms with van der Waals surface area (Å²) in [5.74, 6) is -0.0287. The normalized spacial score (nSPS) is 10.4. The molecule has 2 aromatic rings. The monoisotopic (exact) mass is 296 g/mol. The van der Waals surface area contributed by atoms with Gasteiger partial charge in [0.25, 0.3) is 0 Å². The molecule has 0 aromatic heterocycles. The number of hydrogen-bond acceptors (Lipinski definition) is 2. The van der Waals surface area contributed by atoms with Crippen LogP contribution in [-0.4, -0.2) is 12.5 Å². The Hall–Kier alpha value is -2.29. The molecule has 0 unspecified atom stereocenters. The number of benzene rings is 2. The number of nitrogens with one attached hydrogen (secondary N) is 2. The van der Waals surface area contributed by atoms with Crippen LogP contribution in [0.3, 0.4) is 0 Å². The van der Waals surface area contributed by atoms with Gasteiger partial charge in [-0.1, -0.05) is 37.3 Å². The highest BCUT2D eigenvalue weighted by molar-refractivity contribution is 5.94. The van der Waals surface area contributed by atoms with E-state index < -0.39 is 0 Å². The Kier molecular flexibility index (Phi) is 5.21. The number of amides is 1. The van der Waals surface area contributed by atoms with Crippen molar-refractivity contribution in [3.8, 4) is 0 Å². The molecule has 0 saturated heterocycles. The molecule has 2 rings (SSSR count). The fraction of sp³-hybridized carbons (Fsp3) is 0.316. The highest BCUT2D eigenvalue weighted by atomic mass is 16.1. The minimum absolute atomic E-state index is 0.0287. The van der Waals surface area contributed by atoms with E-state index in [4.69, 9.17) is 0 Å². The van der Waals surface area contributed by atoms with Crippen LogP contribution in [0.1, 0.15) is 29.2 Å². The van der Waals surface area contributed by atoms with Gasteiger partial charge in [0.2, 0.25) is 5.91 Å².